The van der Waals surface area contributed by atoms with Gasteiger partial charge >= 0.3 is 6.18 Å². The van der Waals surface area contributed by atoms with Crippen LogP contribution in [0.3, 0.4) is 0 Å². The van der Waals surface area contributed by atoms with Gasteiger partial charge in [-0.1, -0.05) is 12.1 Å². The van der Waals surface area contributed by atoms with Crippen molar-refractivity contribution in [3.63, 3.8) is 0 Å². The number of alkyl halides is 3. The molecule has 3 nitrogen and oxygen atoms in total. The van der Waals surface area contributed by atoms with E-state index in [2.05, 4.69) is 0 Å². The van der Waals surface area contributed by atoms with Crippen molar-refractivity contribution < 1.29 is 18.0 Å². The van der Waals surface area contributed by atoms with Crippen LogP contribution < -0.4 is 0 Å². The Bertz CT molecular complexity index is 460. The predicted octanol–water partition coefficient (Wildman–Crippen LogP) is 2.24. The number of ketones is 1. The van der Waals surface area contributed by atoms with Crippen LogP contribution >= 0.6 is 0 Å². The molecule has 0 aromatic heterocycles. The molecule has 0 saturated heterocycles. The van der Waals surface area contributed by atoms with E-state index in [0.29, 0.717) is 11.1 Å². The third kappa shape index (κ3) is 4.55. The van der Waals surface area contributed by atoms with Crippen LogP contribution in [0.2, 0.25) is 0 Å². The molecule has 0 aliphatic rings. The molecular weight excluding hydrogens is 245 g/mol. The molecule has 0 aliphatic heterocycles. The van der Waals surface area contributed by atoms with Gasteiger partial charge in [0.25, 0.3) is 0 Å². The van der Waals surface area contributed by atoms with Crippen molar-refractivity contribution in [2.24, 2.45) is 0 Å². The second-order valence-corrected chi connectivity index (χ2v) is 3.90. The van der Waals surface area contributed by atoms with E-state index in [1.165, 1.54) is 31.3 Å². The minimum absolute atomic E-state index is 0.294. The van der Waals surface area contributed by atoms with Crippen LogP contribution in [0.25, 0.3) is 0 Å². The van der Waals surface area contributed by atoms with Crippen molar-refractivity contribution in [1.82, 2.24) is 4.90 Å². The molecular formula is C12H11F3N2O. The first-order valence-corrected chi connectivity index (χ1v) is 5.10. The van der Waals surface area contributed by atoms with Crippen molar-refractivity contribution in [2.75, 3.05) is 20.1 Å². The molecule has 0 N–H and O–H groups in total. The molecule has 18 heavy (non-hydrogen) atoms. The van der Waals surface area contributed by atoms with Gasteiger partial charge in [0.15, 0.2) is 5.78 Å². The number of Topliss-reactive ketones (excluding diaryl/α,β-unsaturated/α-hetero) is 1. The zero-order valence-corrected chi connectivity index (χ0v) is 9.66. The summed E-state index contributed by atoms with van der Waals surface area (Å²) in [6, 6.07) is 7.67. The Morgan fingerprint density at radius 3 is 2.33 bits per heavy atom. The number of nitriles is 1. The maximum atomic E-state index is 12.1. The molecule has 0 atom stereocenters. The molecule has 0 bridgehead atoms. The monoisotopic (exact) mass is 256 g/mol. The molecule has 0 amide bonds. The largest absolute Gasteiger partial charge is 0.401 e. The maximum Gasteiger partial charge on any atom is 0.401 e. The third-order valence-corrected chi connectivity index (χ3v) is 2.20. The SMILES string of the molecule is CN(CC(=O)c1ccc(C#N)cc1)CC(F)(F)F. The number of rotatable bonds is 4. The van der Waals surface area contributed by atoms with Crippen LogP contribution in [0.1, 0.15) is 15.9 Å². The summed E-state index contributed by atoms with van der Waals surface area (Å²) in [5, 5.41) is 8.57. The van der Waals surface area contributed by atoms with Gasteiger partial charge in [-0.05, 0) is 19.2 Å². The van der Waals surface area contributed by atoms with E-state index in [4.69, 9.17) is 5.26 Å². The summed E-state index contributed by atoms with van der Waals surface area (Å²) in [6.45, 7) is -1.44. The number of likely N-dealkylation sites (N-methyl/N-ethyl adjacent to an activating group) is 1. The standard InChI is InChI=1S/C12H11F3N2O/c1-17(8-12(13,14)15)7-11(18)10-4-2-9(6-16)3-5-10/h2-5H,7-8H2,1H3. The fourth-order valence-electron chi connectivity index (χ4n) is 1.43. The molecule has 0 heterocycles. The average molecular weight is 256 g/mol. The smallest absolute Gasteiger partial charge is 0.293 e. The first-order valence-electron chi connectivity index (χ1n) is 5.10. The summed E-state index contributed by atoms with van der Waals surface area (Å²) in [4.78, 5) is 12.6. The van der Waals surface area contributed by atoms with Crippen LogP contribution in [-0.4, -0.2) is 37.0 Å². The minimum atomic E-state index is -4.32. The van der Waals surface area contributed by atoms with E-state index < -0.39 is 18.5 Å². The molecule has 1 aromatic carbocycles. The van der Waals surface area contributed by atoms with Crippen molar-refractivity contribution >= 4 is 5.78 Å². The number of halogens is 3. The van der Waals surface area contributed by atoms with Gasteiger partial charge in [-0.2, -0.15) is 18.4 Å². The highest BCUT2D eigenvalue weighted by molar-refractivity contribution is 5.97. The number of carbonyl (C=O) groups excluding carboxylic acids is 1. The number of carbonyl (C=O) groups is 1. The van der Waals surface area contributed by atoms with Gasteiger partial charge in [-0.25, -0.2) is 0 Å². The van der Waals surface area contributed by atoms with E-state index in [1.807, 2.05) is 6.07 Å². The Balaban J connectivity index is 2.62. The van der Waals surface area contributed by atoms with Crippen molar-refractivity contribution in [3.8, 4) is 6.07 Å². The molecule has 0 saturated carbocycles. The van der Waals surface area contributed by atoms with Crippen molar-refractivity contribution in [3.05, 3.63) is 35.4 Å². The molecule has 0 fully saturated rings. The summed E-state index contributed by atoms with van der Waals surface area (Å²) < 4.78 is 36.2. The van der Waals surface area contributed by atoms with Gasteiger partial charge in [-0.3, -0.25) is 9.69 Å². The van der Waals surface area contributed by atoms with Gasteiger partial charge in [0.1, 0.15) is 0 Å². The van der Waals surface area contributed by atoms with Gasteiger partial charge in [0.2, 0.25) is 0 Å². The van der Waals surface area contributed by atoms with E-state index in [0.717, 1.165) is 4.90 Å². The first kappa shape index (κ1) is 14.2. The van der Waals surface area contributed by atoms with E-state index in [9.17, 15) is 18.0 Å². The van der Waals surface area contributed by atoms with Crippen LogP contribution in [-0.2, 0) is 0 Å². The Kier molecular flexibility index (Phi) is 4.45. The molecule has 1 aromatic rings. The average Bonchev–Trinajstić information content (AvgIpc) is 2.26. The number of benzene rings is 1. The van der Waals surface area contributed by atoms with Crippen LogP contribution in [0.5, 0.6) is 0 Å². The lowest BCUT2D eigenvalue weighted by atomic mass is 10.1. The molecule has 0 spiro atoms. The second-order valence-electron chi connectivity index (χ2n) is 3.90. The molecule has 0 unspecified atom stereocenters. The molecule has 1 rings (SSSR count). The van der Waals surface area contributed by atoms with E-state index in [1.54, 1.807) is 0 Å². The summed E-state index contributed by atoms with van der Waals surface area (Å²) >= 11 is 0. The topological polar surface area (TPSA) is 44.1 Å². The quantitative estimate of drug-likeness (QED) is 0.776. The first-order chi connectivity index (χ1) is 8.31. The lowest BCUT2D eigenvalue weighted by molar-refractivity contribution is -0.141. The minimum Gasteiger partial charge on any atom is -0.293 e. The van der Waals surface area contributed by atoms with Crippen molar-refractivity contribution in [1.29, 1.82) is 5.26 Å². The van der Waals surface area contributed by atoms with Gasteiger partial charge in [0, 0.05) is 5.56 Å². The number of hydrogen-bond acceptors (Lipinski definition) is 3. The Labute approximate surface area is 102 Å². The molecule has 96 valence electrons. The summed E-state index contributed by atoms with van der Waals surface area (Å²) in [6.07, 6.45) is -4.32. The number of nitrogens with zero attached hydrogens (tertiary/aromatic N) is 2. The van der Waals surface area contributed by atoms with E-state index in [-0.39, 0.29) is 6.54 Å². The Hall–Kier alpha value is -1.87. The van der Waals surface area contributed by atoms with Crippen LogP contribution in [0.15, 0.2) is 24.3 Å². The number of hydrogen-bond donors (Lipinski definition) is 0. The Morgan fingerprint density at radius 2 is 1.89 bits per heavy atom. The van der Waals surface area contributed by atoms with Crippen LogP contribution in [0, 0.1) is 11.3 Å². The van der Waals surface area contributed by atoms with Crippen LogP contribution in [0.4, 0.5) is 13.2 Å². The normalized spacial score (nSPS) is 11.3. The fourth-order valence-corrected chi connectivity index (χ4v) is 1.43. The third-order valence-electron chi connectivity index (χ3n) is 2.20. The molecule has 0 aliphatic carbocycles. The van der Waals surface area contributed by atoms with Gasteiger partial charge in [-0.15, -0.1) is 0 Å². The summed E-state index contributed by atoms with van der Waals surface area (Å²) in [7, 11) is 1.23. The highest BCUT2D eigenvalue weighted by Gasteiger charge is 2.29. The zero-order chi connectivity index (χ0) is 13.8. The summed E-state index contributed by atoms with van der Waals surface area (Å²) in [5.41, 5.74) is 0.693. The van der Waals surface area contributed by atoms with Gasteiger partial charge in [0.05, 0.1) is 24.7 Å². The predicted molar refractivity (Wildman–Crippen MR) is 59.0 cm³/mol. The highest BCUT2D eigenvalue weighted by Crippen LogP contribution is 2.15. The summed E-state index contributed by atoms with van der Waals surface area (Å²) in [5.74, 6) is -0.411. The van der Waals surface area contributed by atoms with Crippen molar-refractivity contribution in [2.45, 2.75) is 6.18 Å². The molecule has 0 radical (unpaired) electrons. The van der Waals surface area contributed by atoms with E-state index >= 15 is 0 Å². The van der Waals surface area contributed by atoms with Gasteiger partial charge < -0.3 is 0 Å². The molecule has 6 heteroatoms. The highest BCUT2D eigenvalue weighted by atomic mass is 19.4. The maximum absolute atomic E-state index is 12.1. The fraction of sp³-hybridized carbons (Fsp3) is 0.333. The lowest BCUT2D eigenvalue weighted by Crippen LogP contribution is -2.34. The zero-order valence-electron chi connectivity index (χ0n) is 9.66. The second kappa shape index (κ2) is 5.65. The lowest BCUT2D eigenvalue weighted by Gasteiger charge is -2.17. The Morgan fingerprint density at radius 1 is 1.33 bits per heavy atom.